The Kier molecular flexibility index (Phi) is 3.10. The van der Waals surface area contributed by atoms with Crippen molar-refractivity contribution in [3.8, 4) is 0 Å². The van der Waals surface area contributed by atoms with Gasteiger partial charge in [-0.2, -0.15) is 5.10 Å². The van der Waals surface area contributed by atoms with Crippen LogP contribution in [0.4, 0.5) is 0 Å². The number of amides is 1. The van der Waals surface area contributed by atoms with Crippen molar-refractivity contribution >= 4 is 5.91 Å². The molecule has 3 atom stereocenters. The van der Waals surface area contributed by atoms with Crippen LogP contribution in [0.25, 0.3) is 0 Å². The van der Waals surface area contributed by atoms with Crippen LogP contribution in [-0.4, -0.2) is 16.1 Å². The van der Waals surface area contributed by atoms with Crippen LogP contribution in [0.3, 0.4) is 0 Å². The van der Waals surface area contributed by atoms with Crippen LogP contribution in [0.5, 0.6) is 0 Å². The van der Waals surface area contributed by atoms with E-state index in [1.807, 2.05) is 13.0 Å². The van der Waals surface area contributed by atoms with Crippen LogP contribution in [0.15, 0.2) is 6.07 Å². The predicted octanol–water partition coefficient (Wildman–Crippen LogP) is 2.16. The molecule has 1 heterocycles. The molecule has 4 heteroatoms. The molecule has 18 heavy (non-hydrogen) atoms. The van der Waals surface area contributed by atoms with Crippen molar-refractivity contribution < 1.29 is 4.79 Å². The van der Waals surface area contributed by atoms with Gasteiger partial charge in [-0.3, -0.25) is 9.89 Å². The fourth-order valence-corrected chi connectivity index (χ4v) is 3.69. The number of aryl methyl sites for hydroxylation is 1. The fraction of sp³-hybridized carbons (Fsp3) is 0.714. The van der Waals surface area contributed by atoms with Crippen LogP contribution >= 0.6 is 0 Å². The Labute approximate surface area is 108 Å². The highest BCUT2D eigenvalue weighted by Crippen LogP contribution is 2.49. The molecule has 2 fully saturated rings. The second kappa shape index (κ2) is 4.75. The minimum absolute atomic E-state index is 0.188. The Hall–Kier alpha value is -1.32. The van der Waals surface area contributed by atoms with Crippen molar-refractivity contribution in [1.29, 1.82) is 0 Å². The summed E-state index contributed by atoms with van der Waals surface area (Å²) in [6.45, 7) is 2.51. The smallest absolute Gasteiger partial charge is 0.220 e. The van der Waals surface area contributed by atoms with Gasteiger partial charge in [-0.1, -0.05) is 6.42 Å². The first-order valence-corrected chi connectivity index (χ1v) is 6.98. The van der Waals surface area contributed by atoms with Gasteiger partial charge < -0.3 is 5.32 Å². The van der Waals surface area contributed by atoms with Gasteiger partial charge in [0, 0.05) is 12.1 Å². The number of fused-ring (bicyclic) bond motifs is 2. The molecule has 2 bridgehead atoms. The van der Waals surface area contributed by atoms with Gasteiger partial charge in [0.15, 0.2) is 0 Å². The highest BCUT2D eigenvalue weighted by atomic mass is 16.1. The van der Waals surface area contributed by atoms with Crippen molar-refractivity contribution in [2.75, 3.05) is 0 Å². The predicted molar refractivity (Wildman–Crippen MR) is 68.7 cm³/mol. The maximum atomic E-state index is 11.9. The monoisotopic (exact) mass is 247 g/mol. The van der Waals surface area contributed by atoms with Gasteiger partial charge in [-0.05, 0) is 50.0 Å². The molecule has 2 aliphatic rings. The molecule has 3 rings (SSSR count). The SMILES string of the molecule is Cc1cc(CNC(=O)C[C@@H]2C[C@@H]3CC[C@@H]2C3)n[nH]1. The fourth-order valence-electron chi connectivity index (χ4n) is 3.69. The van der Waals surface area contributed by atoms with Gasteiger partial charge in [0.05, 0.1) is 12.2 Å². The summed E-state index contributed by atoms with van der Waals surface area (Å²) in [5.74, 6) is 2.58. The average molecular weight is 247 g/mol. The number of aromatic nitrogens is 2. The lowest BCUT2D eigenvalue weighted by Crippen LogP contribution is -2.27. The Morgan fingerprint density at radius 3 is 3.00 bits per heavy atom. The average Bonchev–Trinajstić information content (AvgIpc) is 3.03. The quantitative estimate of drug-likeness (QED) is 0.856. The Bertz CT molecular complexity index is 440. The molecule has 0 saturated heterocycles. The van der Waals surface area contributed by atoms with E-state index in [9.17, 15) is 4.79 Å². The summed E-state index contributed by atoms with van der Waals surface area (Å²) >= 11 is 0. The second-order valence-corrected chi connectivity index (χ2v) is 5.96. The number of rotatable bonds is 4. The number of nitrogens with zero attached hydrogens (tertiary/aromatic N) is 1. The van der Waals surface area contributed by atoms with Gasteiger partial charge >= 0.3 is 0 Å². The number of carbonyl (C=O) groups is 1. The van der Waals surface area contributed by atoms with Crippen LogP contribution in [-0.2, 0) is 11.3 Å². The third-order valence-corrected chi connectivity index (χ3v) is 4.56. The minimum atomic E-state index is 0.188. The number of hydrogen-bond donors (Lipinski definition) is 2. The van der Waals surface area contributed by atoms with Crippen molar-refractivity contribution in [2.24, 2.45) is 17.8 Å². The first kappa shape index (κ1) is 11.8. The van der Waals surface area contributed by atoms with E-state index in [4.69, 9.17) is 0 Å². The Morgan fingerprint density at radius 2 is 2.39 bits per heavy atom. The number of aromatic amines is 1. The summed E-state index contributed by atoms with van der Waals surface area (Å²) in [7, 11) is 0. The van der Waals surface area contributed by atoms with Crippen LogP contribution in [0.2, 0.25) is 0 Å². The number of nitrogens with one attached hydrogen (secondary N) is 2. The van der Waals surface area contributed by atoms with E-state index >= 15 is 0 Å². The van der Waals surface area contributed by atoms with Crippen molar-refractivity contribution in [3.05, 3.63) is 17.5 Å². The van der Waals surface area contributed by atoms with E-state index in [0.717, 1.165) is 23.2 Å². The van der Waals surface area contributed by atoms with Gasteiger partial charge in [0.25, 0.3) is 0 Å². The zero-order valence-corrected chi connectivity index (χ0v) is 10.9. The van der Waals surface area contributed by atoms with E-state index < -0.39 is 0 Å². The summed E-state index contributed by atoms with van der Waals surface area (Å²) in [5.41, 5.74) is 1.95. The molecule has 4 nitrogen and oxygen atoms in total. The highest BCUT2D eigenvalue weighted by Gasteiger charge is 2.39. The maximum Gasteiger partial charge on any atom is 0.220 e. The van der Waals surface area contributed by atoms with Crippen LogP contribution in [0, 0.1) is 24.7 Å². The van der Waals surface area contributed by atoms with Gasteiger partial charge in [-0.15, -0.1) is 0 Å². The van der Waals surface area contributed by atoms with E-state index in [1.54, 1.807) is 0 Å². The minimum Gasteiger partial charge on any atom is -0.350 e. The summed E-state index contributed by atoms with van der Waals surface area (Å²) < 4.78 is 0. The summed E-state index contributed by atoms with van der Waals surface area (Å²) in [4.78, 5) is 11.9. The van der Waals surface area contributed by atoms with Crippen molar-refractivity contribution in [1.82, 2.24) is 15.5 Å². The third kappa shape index (κ3) is 2.42. The first-order valence-electron chi connectivity index (χ1n) is 6.98. The molecule has 0 spiro atoms. The molecule has 2 saturated carbocycles. The molecular formula is C14H21N3O. The highest BCUT2D eigenvalue weighted by molar-refractivity contribution is 5.76. The molecule has 1 amide bonds. The van der Waals surface area contributed by atoms with E-state index in [0.29, 0.717) is 18.9 Å². The summed E-state index contributed by atoms with van der Waals surface area (Å²) in [6.07, 6.45) is 6.11. The molecule has 2 aliphatic carbocycles. The van der Waals surface area contributed by atoms with Crippen LogP contribution in [0.1, 0.15) is 43.5 Å². The van der Waals surface area contributed by atoms with Crippen LogP contribution < -0.4 is 5.32 Å². The molecule has 1 aromatic heterocycles. The number of hydrogen-bond acceptors (Lipinski definition) is 2. The molecule has 0 radical (unpaired) electrons. The zero-order valence-electron chi connectivity index (χ0n) is 10.9. The lowest BCUT2D eigenvalue weighted by Gasteiger charge is -2.20. The molecule has 1 aromatic rings. The molecular weight excluding hydrogens is 226 g/mol. The topological polar surface area (TPSA) is 57.8 Å². The second-order valence-electron chi connectivity index (χ2n) is 5.96. The normalized spacial score (nSPS) is 29.7. The van der Waals surface area contributed by atoms with Gasteiger partial charge in [-0.25, -0.2) is 0 Å². The third-order valence-electron chi connectivity index (χ3n) is 4.56. The van der Waals surface area contributed by atoms with Crippen molar-refractivity contribution in [2.45, 2.75) is 45.6 Å². The molecule has 0 unspecified atom stereocenters. The molecule has 0 aliphatic heterocycles. The molecule has 0 aromatic carbocycles. The number of H-pyrrole nitrogens is 1. The largest absolute Gasteiger partial charge is 0.350 e. The maximum absolute atomic E-state index is 11.9. The lowest BCUT2D eigenvalue weighted by atomic mass is 9.86. The summed E-state index contributed by atoms with van der Waals surface area (Å²) in [5, 5.41) is 9.98. The van der Waals surface area contributed by atoms with Gasteiger partial charge in [0.1, 0.15) is 0 Å². The van der Waals surface area contributed by atoms with E-state index in [2.05, 4.69) is 15.5 Å². The van der Waals surface area contributed by atoms with E-state index in [-0.39, 0.29) is 5.91 Å². The van der Waals surface area contributed by atoms with E-state index in [1.165, 1.54) is 25.7 Å². The Morgan fingerprint density at radius 1 is 1.50 bits per heavy atom. The molecule has 2 N–H and O–H groups in total. The standard InChI is InChI=1S/C14H21N3O/c1-9-4-13(17-16-9)8-15-14(18)7-12-6-10-2-3-11(12)5-10/h4,10-12H,2-3,5-8H2,1H3,(H,15,18)(H,16,17)/t10-,11-,12+/m1/s1. The summed E-state index contributed by atoms with van der Waals surface area (Å²) in [6, 6.07) is 1.97. The Balaban J connectivity index is 1.45. The first-order chi connectivity index (χ1) is 8.70. The molecule has 98 valence electrons. The van der Waals surface area contributed by atoms with Gasteiger partial charge in [0.2, 0.25) is 5.91 Å². The zero-order chi connectivity index (χ0) is 12.5. The lowest BCUT2D eigenvalue weighted by molar-refractivity contribution is -0.122. The van der Waals surface area contributed by atoms with Crippen molar-refractivity contribution in [3.63, 3.8) is 0 Å². The number of carbonyl (C=O) groups excluding carboxylic acids is 1.